The fourth-order valence-corrected chi connectivity index (χ4v) is 1.67. The minimum atomic E-state index is -0.672. The van der Waals surface area contributed by atoms with E-state index in [1.54, 1.807) is 6.33 Å². The molecule has 5 nitrogen and oxygen atoms in total. The number of rotatable bonds is 4. The normalized spacial score (nSPS) is 10.9. The van der Waals surface area contributed by atoms with Gasteiger partial charge in [-0.15, -0.1) is 24.8 Å². The van der Waals surface area contributed by atoms with Gasteiger partial charge in [-0.05, 0) is 12.1 Å². The van der Waals surface area contributed by atoms with Crippen LogP contribution in [-0.4, -0.2) is 28.7 Å². The van der Waals surface area contributed by atoms with E-state index in [0.717, 1.165) is 11.4 Å². The van der Waals surface area contributed by atoms with Gasteiger partial charge in [0.15, 0.2) is 0 Å². The summed E-state index contributed by atoms with van der Waals surface area (Å²) in [6.45, 7) is 0. The van der Waals surface area contributed by atoms with E-state index in [2.05, 4.69) is 9.72 Å². The maximum Gasteiger partial charge on any atom is 0.323 e. The average molecular weight is 318 g/mol. The molecule has 110 valence electrons. The number of aromatic nitrogens is 2. The van der Waals surface area contributed by atoms with E-state index in [-0.39, 0.29) is 24.8 Å². The van der Waals surface area contributed by atoms with Gasteiger partial charge in [0.2, 0.25) is 0 Å². The molecule has 1 heterocycles. The van der Waals surface area contributed by atoms with E-state index >= 15 is 0 Å². The number of nitrogens with zero attached hydrogens (tertiary/aromatic N) is 2. The number of ether oxygens (including phenoxy) is 1. The molecule has 0 bridgehead atoms. The number of imidazole rings is 1. The molecular formula is C13H17Cl2N3O2. The van der Waals surface area contributed by atoms with Crippen molar-refractivity contribution < 1.29 is 9.53 Å². The molecule has 2 N–H and O–H groups in total. The minimum absolute atomic E-state index is 0. The monoisotopic (exact) mass is 317 g/mol. The number of carbonyl (C=O) groups excluding carboxylic acids is 1. The predicted molar refractivity (Wildman–Crippen MR) is 81.8 cm³/mol. The lowest BCUT2D eigenvalue weighted by molar-refractivity contribution is -0.142. The average Bonchev–Trinajstić information content (AvgIpc) is 2.87. The highest BCUT2D eigenvalue weighted by molar-refractivity contribution is 5.85. The van der Waals surface area contributed by atoms with Gasteiger partial charge in [-0.3, -0.25) is 4.79 Å². The van der Waals surface area contributed by atoms with Gasteiger partial charge in [0.25, 0.3) is 0 Å². The summed E-state index contributed by atoms with van der Waals surface area (Å²) >= 11 is 0. The highest BCUT2D eigenvalue weighted by Gasteiger charge is 2.15. The molecule has 0 amide bonds. The van der Waals surface area contributed by atoms with Gasteiger partial charge in [0.05, 0.1) is 19.1 Å². The third-order valence-electron chi connectivity index (χ3n) is 2.62. The standard InChI is InChI=1S/C13H15N3O2.2ClH/c1-18-13(17)12(14)7-10-8-16(9-15-10)11-5-3-2-4-6-11;;/h2-6,8-9,12H,7,14H2,1H3;2*1H/t12-;;/m0../s1. The third-order valence-corrected chi connectivity index (χ3v) is 2.62. The lowest BCUT2D eigenvalue weighted by atomic mass is 10.2. The summed E-state index contributed by atoms with van der Waals surface area (Å²) < 4.78 is 6.47. The second kappa shape index (κ2) is 8.58. The van der Waals surface area contributed by atoms with Crippen molar-refractivity contribution in [3.05, 3.63) is 48.5 Å². The fourth-order valence-electron chi connectivity index (χ4n) is 1.67. The summed E-state index contributed by atoms with van der Waals surface area (Å²) in [7, 11) is 1.32. The highest BCUT2D eigenvalue weighted by atomic mass is 35.5. The molecule has 0 fully saturated rings. The molecule has 0 radical (unpaired) electrons. The van der Waals surface area contributed by atoms with Crippen molar-refractivity contribution in [3.8, 4) is 5.69 Å². The maximum atomic E-state index is 11.2. The molecule has 0 spiro atoms. The van der Waals surface area contributed by atoms with Crippen molar-refractivity contribution in [2.75, 3.05) is 7.11 Å². The Kier molecular flexibility index (Phi) is 7.91. The van der Waals surface area contributed by atoms with Gasteiger partial charge >= 0.3 is 5.97 Å². The van der Waals surface area contributed by atoms with Crippen LogP contribution >= 0.6 is 24.8 Å². The summed E-state index contributed by atoms with van der Waals surface area (Å²) in [5.74, 6) is -0.427. The van der Waals surface area contributed by atoms with Crippen molar-refractivity contribution in [2.45, 2.75) is 12.5 Å². The molecule has 20 heavy (non-hydrogen) atoms. The lowest BCUT2D eigenvalue weighted by Gasteiger charge is -2.06. The molecule has 0 saturated heterocycles. The van der Waals surface area contributed by atoms with Crippen LogP contribution in [0.4, 0.5) is 0 Å². The summed E-state index contributed by atoms with van der Waals surface area (Å²) in [5, 5.41) is 0. The molecule has 1 aromatic heterocycles. The number of para-hydroxylation sites is 1. The largest absolute Gasteiger partial charge is 0.468 e. The van der Waals surface area contributed by atoms with Gasteiger partial charge in [-0.1, -0.05) is 18.2 Å². The summed E-state index contributed by atoms with van der Waals surface area (Å²) in [5.41, 5.74) is 7.46. The van der Waals surface area contributed by atoms with E-state index in [9.17, 15) is 4.79 Å². The first kappa shape index (κ1) is 18.4. The number of methoxy groups -OCH3 is 1. The van der Waals surface area contributed by atoms with Crippen LogP contribution in [0.3, 0.4) is 0 Å². The number of hydrogen-bond acceptors (Lipinski definition) is 4. The van der Waals surface area contributed by atoms with Gasteiger partial charge in [-0.2, -0.15) is 0 Å². The second-order valence-corrected chi connectivity index (χ2v) is 3.94. The topological polar surface area (TPSA) is 70.1 Å². The van der Waals surface area contributed by atoms with Crippen LogP contribution in [0.2, 0.25) is 0 Å². The zero-order valence-electron chi connectivity index (χ0n) is 10.9. The summed E-state index contributed by atoms with van der Waals surface area (Å²) in [6, 6.07) is 9.14. The Balaban J connectivity index is 0.00000180. The van der Waals surface area contributed by atoms with Crippen LogP contribution in [0.1, 0.15) is 5.69 Å². The number of carbonyl (C=O) groups is 1. The smallest absolute Gasteiger partial charge is 0.323 e. The van der Waals surface area contributed by atoms with Crippen LogP contribution in [0.25, 0.3) is 5.69 Å². The molecule has 7 heteroatoms. The van der Waals surface area contributed by atoms with Crippen LogP contribution in [-0.2, 0) is 16.0 Å². The molecular weight excluding hydrogens is 301 g/mol. The Morgan fingerprint density at radius 1 is 1.35 bits per heavy atom. The molecule has 1 aromatic carbocycles. The Labute approximate surface area is 130 Å². The first-order valence-corrected chi connectivity index (χ1v) is 5.62. The molecule has 0 aliphatic heterocycles. The second-order valence-electron chi connectivity index (χ2n) is 3.94. The molecule has 0 aliphatic carbocycles. The van der Waals surface area contributed by atoms with Crippen molar-refractivity contribution in [3.63, 3.8) is 0 Å². The SMILES string of the molecule is COC(=O)[C@@H](N)Cc1cn(-c2ccccc2)cn1.Cl.Cl. The van der Waals surface area contributed by atoms with Crippen molar-refractivity contribution in [1.29, 1.82) is 0 Å². The number of hydrogen-bond donors (Lipinski definition) is 1. The highest BCUT2D eigenvalue weighted by Crippen LogP contribution is 2.09. The molecule has 2 rings (SSSR count). The van der Waals surface area contributed by atoms with Crippen molar-refractivity contribution >= 4 is 30.8 Å². The van der Waals surface area contributed by atoms with Crippen LogP contribution < -0.4 is 5.73 Å². The third kappa shape index (κ3) is 4.52. The van der Waals surface area contributed by atoms with Gasteiger partial charge < -0.3 is 15.0 Å². The summed E-state index contributed by atoms with van der Waals surface area (Å²) in [6.07, 6.45) is 3.93. The van der Waals surface area contributed by atoms with Crippen LogP contribution in [0.15, 0.2) is 42.9 Å². The number of benzene rings is 1. The minimum Gasteiger partial charge on any atom is -0.468 e. The van der Waals surface area contributed by atoms with Gasteiger partial charge in [0.1, 0.15) is 6.04 Å². The van der Waals surface area contributed by atoms with E-state index in [1.165, 1.54) is 7.11 Å². The van der Waals surface area contributed by atoms with E-state index in [1.807, 2.05) is 41.1 Å². The molecule has 2 aromatic rings. The Hall–Kier alpha value is -1.56. The van der Waals surface area contributed by atoms with Gasteiger partial charge in [0, 0.05) is 18.3 Å². The van der Waals surface area contributed by atoms with E-state index in [4.69, 9.17) is 5.73 Å². The molecule has 0 aliphatic rings. The quantitative estimate of drug-likeness (QED) is 0.872. The zero-order valence-corrected chi connectivity index (χ0v) is 12.6. The number of nitrogens with two attached hydrogens (primary N) is 1. The first-order valence-electron chi connectivity index (χ1n) is 5.62. The van der Waals surface area contributed by atoms with Gasteiger partial charge in [-0.25, -0.2) is 4.98 Å². The molecule has 1 atom stereocenters. The molecule has 0 unspecified atom stereocenters. The van der Waals surface area contributed by atoms with Crippen LogP contribution in [0, 0.1) is 0 Å². The maximum absolute atomic E-state index is 11.2. The van der Waals surface area contributed by atoms with Crippen LogP contribution in [0.5, 0.6) is 0 Å². The number of halogens is 2. The van der Waals surface area contributed by atoms with E-state index in [0.29, 0.717) is 6.42 Å². The van der Waals surface area contributed by atoms with Crippen molar-refractivity contribution in [1.82, 2.24) is 9.55 Å². The Morgan fingerprint density at radius 3 is 2.60 bits per heavy atom. The molecule has 0 saturated carbocycles. The lowest BCUT2D eigenvalue weighted by Crippen LogP contribution is -2.33. The predicted octanol–water partition coefficient (Wildman–Crippen LogP) is 1.76. The number of esters is 1. The first-order chi connectivity index (χ1) is 8.70. The van der Waals surface area contributed by atoms with Crippen molar-refractivity contribution in [2.24, 2.45) is 5.73 Å². The Morgan fingerprint density at radius 2 is 2.00 bits per heavy atom. The summed E-state index contributed by atoms with van der Waals surface area (Å²) in [4.78, 5) is 15.4. The fraction of sp³-hybridized carbons (Fsp3) is 0.231. The zero-order chi connectivity index (χ0) is 13.0. The van der Waals surface area contributed by atoms with E-state index < -0.39 is 12.0 Å². The Bertz CT molecular complexity index is 531.